The summed E-state index contributed by atoms with van der Waals surface area (Å²) in [5, 5.41) is 3.15. The Kier molecular flexibility index (Phi) is 5.81. The lowest BCUT2D eigenvalue weighted by Crippen LogP contribution is -2.33. The zero-order valence-corrected chi connectivity index (χ0v) is 11.5. The molecule has 17 heavy (non-hydrogen) atoms. The van der Waals surface area contributed by atoms with Crippen LogP contribution in [0.2, 0.25) is 0 Å². The Morgan fingerprint density at radius 3 is 2.71 bits per heavy atom. The van der Waals surface area contributed by atoms with E-state index in [1.165, 1.54) is 18.5 Å². The minimum atomic E-state index is 0.565. The van der Waals surface area contributed by atoms with E-state index in [0.29, 0.717) is 6.04 Å². The molecule has 3 nitrogen and oxygen atoms in total. The van der Waals surface area contributed by atoms with Gasteiger partial charge in [-0.1, -0.05) is 20.3 Å². The molecule has 0 fully saturated rings. The highest BCUT2D eigenvalue weighted by atomic mass is 15.2. The van der Waals surface area contributed by atoms with Crippen LogP contribution in [0.4, 0.5) is 11.4 Å². The van der Waals surface area contributed by atoms with E-state index in [4.69, 9.17) is 0 Å². The average Bonchev–Trinajstić information content (AvgIpc) is 2.39. The molecule has 0 saturated carbocycles. The van der Waals surface area contributed by atoms with Crippen LogP contribution in [0.5, 0.6) is 0 Å². The van der Waals surface area contributed by atoms with E-state index in [1.807, 2.05) is 19.4 Å². The summed E-state index contributed by atoms with van der Waals surface area (Å²) in [6.07, 6.45) is 7.44. The number of pyridine rings is 1. The van der Waals surface area contributed by atoms with Gasteiger partial charge in [0.1, 0.15) is 0 Å². The summed E-state index contributed by atoms with van der Waals surface area (Å²) in [6.45, 7) is 7.86. The molecule has 1 heterocycles. The van der Waals surface area contributed by atoms with Crippen LogP contribution < -0.4 is 10.2 Å². The van der Waals surface area contributed by atoms with Gasteiger partial charge in [0, 0.05) is 19.6 Å². The maximum atomic E-state index is 4.30. The van der Waals surface area contributed by atoms with Crippen molar-refractivity contribution in [2.45, 2.75) is 46.1 Å². The molecule has 0 aliphatic carbocycles. The summed E-state index contributed by atoms with van der Waals surface area (Å²) in [7, 11) is 1.93. The number of hydrogen-bond acceptors (Lipinski definition) is 3. The van der Waals surface area contributed by atoms with Crippen LogP contribution in [-0.4, -0.2) is 24.6 Å². The maximum Gasteiger partial charge on any atom is 0.0575 e. The van der Waals surface area contributed by atoms with Crippen molar-refractivity contribution in [1.29, 1.82) is 0 Å². The molecule has 1 N–H and O–H groups in total. The summed E-state index contributed by atoms with van der Waals surface area (Å²) in [4.78, 5) is 6.75. The van der Waals surface area contributed by atoms with Crippen molar-refractivity contribution in [3.05, 3.63) is 18.5 Å². The molecule has 0 bridgehead atoms. The fourth-order valence-corrected chi connectivity index (χ4v) is 1.87. The molecule has 3 heteroatoms. The summed E-state index contributed by atoms with van der Waals surface area (Å²) in [5.74, 6) is 0. The first-order valence-electron chi connectivity index (χ1n) is 6.62. The Morgan fingerprint density at radius 1 is 1.35 bits per heavy atom. The predicted octanol–water partition coefficient (Wildman–Crippen LogP) is 3.53. The molecule has 0 spiro atoms. The van der Waals surface area contributed by atoms with Gasteiger partial charge in [0.15, 0.2) is 0 Å². The second kappa shape index (κ2) is 7.15. The van der Waals surface area contributed by atoms with Crippen LogP contribution in [0.15, 0.2) is 18.5 Å². The summed E-state index contributed by atoms with van der Waals surface area (Å²) < 4.78 is 0. The van der Waals surface area contributed by atoms with Crippen molar-refractivity contribution in [3.63, 3.8) is 0 Å². The predicted molar refractivity (Wildman–Crippen MR) is 75.8 cm³/mol. The average molecular weight is 235 g/mol. The van der Waals surface area contributed by atoms with E-state index < -0.39 is 0 Å². The summed E-state index contributed by atoms with van der Waals surface area (Å²) in [6, 6.07) is 2.74. The molecule has 0 aliphatic rings. The molecule has 1 unspecified atom stereocenters. The van der Waals surface area contributed by atoms with Crippen molar-refractivity contribution < 1.29 is 0 Å². The number of rotatable bonds is 7. The number of nitrogens with one attached hydrogen (secondary N) is 1. The zero-order valence-electron chi connectivity index (χ0n) is 11.5. The lowest BCUT2D eigenvalue weighted by Gasteiger charge is -2.30. The Labute approximate surface area is 105 Å². The fourth-order valence-electron chi connectivity index (χ4n) is 1.87. The minimum Gasteiger partial charge on any atom is -0.387 e. The molecular formula is C14H25N3. The van der Waals surface area contributed by atoms with Crippen molar-refractivity contribution in [1.82, 2.24) is 4.98 Å². The van der Waals surface area contributed by atoms with E-state index in [0.717, 1.165) is 18.7 Å². The van der Waals surface area contributed by atoms with E-state index in [-0.39, 0.29) is 0 Å². The van der Waals surface area contributed by atoms with Gasteiger partial charge in [-0.25, -0.2) is 0 Å². The molecular weight excluding hydrogens is 210 g/mol. The molecule has 96 valence electrons. The van der Waals surface area contributed by atoms with Crippen LogP contribution in [0, 0.1) is 0 Å². The Hall–Kier alpha value is -1.25. The van der Waals surface area contributed by atoms with Gasteiger partial charge in [-0.05, 0) is 25.8 Å². The molecule has 1 aromatic heterocycles. The lowest BCUT2D eigenvalue weighted by molar-refractivity contribution is 0.595. The van der Waals surface area contributed by atoms with Gasteiger partial charge in [-0.15, -0.1) is 0 Å². The van der Waals surface area contributed by atoms with Gasteiger partial charge in [-0.3, -0.25) is 4.98 Å². The van der Waals surface area contributed by atoms with Gasteiger partial charge >= 0.3 is 0 Å². The number of nitrogens with zero attached hydrogens (tertiary/aromatic N) is 2. The second-order valence-corrected chi connectivity index (χ2v) is 4.49. The standard InChI is InChI=1S/C14H25N3/c1-5-7-8-17(12(3)6-2)14-9-13(15-4)10-16-11-14/h9-12,15H,5-8H2,1-4H3. The number of hydrogen-bond donors (Lipinski definition) is 1. The normalized spacial score (nSPS) is 12.2. The Balaban J connectivity index is 2.86. The molecule has 0 amide bonds. The monoisotopic (exact) mass is 235 g/mol. The number of anilines is 2. The maximum absolute atomic E-state index is 4.30. The Bertz CT molecular complexity index is 325. The van der Waals surface area contributed by atoms with Gasteiger partial charge in [-0.2, -0.15) is 0 Å². The van der Waals surface area contributed by atoms with Crippen LogP contribution >= 0.6 is 0 Å². The van der Waals surface area contributed by atoms with E-state index in [1.54, 1.807) is 0 Å². The minimum absolute atomic E-state index is 0.565. The smallest absolute Gasteiger partial charge is 0.0575 e. The third-order valence-electron chi connectivity index (χ3n) is 3.22. The van der Waals surface area contributed by atoms with Gasteiger partial charge in [0.2, 0.25) is 0 Å². The van der Waals surface area contributed by atoms with Gasteiger partial charge in [0.25, 0.3) is 0 Å². The zero-order chi connectivity index (χ0) is 12.7. The fraction of sp³-hybridized carbons (Fsp3) is 0.643. The Morgan fingerprint density at radius 2 is 2.12 bits per heavy atom. The lowest BCUT2D eigenvalue weighted by atomic mass is 10.1. The van der Waals surface area contributed by atoms with Crippen molar-refractivity contribution in [2.24, 2.45) is 0 Å². The van der Waals surface area contributed by atoms with Crippen LogP contribution in [0.3, 0.4) is 0 Å². The van der Waals surface area contributed by atoms with Crippen molar-refractivity contribution >= 4 is 11.4 Å². The molecule has 1 atom stereocenters. The highest BCUT2D eigenvalue weighted by molar-refractivity contribution is 5.55. The largest absolute Gasteiger partial charge is 0.387 e. The molecule has 1 rings (SSSR count). The van der Waals surface area contributed by atoms with Crippen LogP contribution in [-0.2, 0) is 0 Å². The van der Waals surface area contributed by atoms with Crippen molar-refractivity contribution in [2.75, 3.05) is 23.8 Å². The van der Waals surface area contributed by atoms with Gasteiger partial charge < -0.3 is 10.2 Å². The molecule has 0 radical (unpaired) electrons. The molecule has 0 saturated heterocycles. The molecule has 1 aromatic rings. The summed E-state index contributed by atoms with van der Waals surface area (Å²) in [5.41, 5.74) is 2.30. The third kappa shape index (κ3) is 3.91. The highest BCUT2D eigenvalue weighted by Crippen LogP contribution is 2.21. The summed E-state index contributed by atoms with van der Waals surface area (Å²) >= 11 is 0. The quantitative estimate of drug-likeness (QED) is 0.783. The van der Waals surface area contributed by atoms with Gasteiger partial charge in [0.05, 0.1) is 23.8 Å². The first-order chi connectivity index (χ1) is 8.22. The van der Waals surface area contributed by atoms with E-state index in [9.17, 15) is 0 Å². The first kappa shape index (κ1) is 13.8. The van der Waals surface area contributed by atoms with Crippen molar-refractivity contribution in [3.8, 4) is 0 Å². The third-order valence-corrected chi connectivity index (χ3v) is 3.22. The number of aromatic nitrogens is 1. The highest BCUT2D eigenvalue weighted by Gasteiger charge is 2.12. The first-order valence-corrected chi connectivity index (χ1v) is 6.62. The second-order valence-electron chi connectivity index (χ2n) is 4.49. The van der Waals surface area contributed by atoms with E-state index >= 15 is 0 Å². The number of unbranched alkanes of at least 4 members (excludes halogenated alkanes) is 1. The molecule has 0 aliphatic heterocycles. The van der Waals surface area contributed by atoms with Crippen LogP contribution in [0.1, 0.15) is 40.0 Å². The van der Waals surface area contributed by atoms with Crippen LogP contribution in [0.25, 0.3) is 0 Å². The molecule has 0 aromatic carbocycles. The van der Waals surface area contributed by atoms with E-state index in [2.05, 4.69) is 42.0 Å². The SMILES string of the molecule is CCCCN(c1cncc(NC)c1)C(C)CC. The topological polar surface area (TPSA) is 28.2 Å².